The van der Waals surface area contributed by atoms with E-state index < -0.39 is 5.92 Å². The molecule has 2 atom stereocenters. The summed E-state index contributed by atoms with van der Waals surface area (Å²) in [7, 11) is 3.22. The van der Waals surface area contributed by atoms with E-state index in [-0.39, 0.29) is 17.6 Å². The van der Waals surface area contributed by atoms with Crippen LogP contribution in [0.15, 0.2) is 77.1 Å². The maximum absolute atomic E-state index is 13.9. The minimum absolute atomic E-state index is 0.00516. The maximum Gasteiger partial charge on any atom is 0.254 e. The Morgan fingerprint density at radius 3 is 2.42 bits per heavy atom. The first-order valence-electron chi connectivity index (χ1n) is 12.7. The smallest absolute Gasteiger partial charge is 0.254 e. The van der Waals surface area contributed by atoms with E-state index in [1.807, 2.05) is 75.4 Å². The predicted octanol–water partition coefficient (Wildman–Crippen LogP) is 6.38. The number of thiophene rings is 1. The number of ether oxygens (including phenoxy) is 2. The van der Waals surface area contributed by atoms with Crippen LogP contribution in [0.2, 0.25) is 0 Å². The number of carbonyl (C=O) groups excluding carboxylic acids is 2. The zero-order chi connectivity index (χ0) is 27.0. The second-order valence-electron chi connectivity index (χ2n) is 9.85. The van der Waals surface area contributed by atoms with Crippen molar-refractivity contribution in [1.82, 2.24) is 5.32 Å². The quantitative estimate of drug-likeness (QED) is 0.388. The monoisotopic (exact) mass is 528 g/mol. The Morgan fingerprint density at radius 2 is 1.74 bits per heavy atom. The molecule has 0 radical (unpaired) electrons. The number of carbonyl (C=O) groups is 2. The molecule has 0 unspecified atom stereocenters. The summed E-state index contributed by atoms with van der Waals surface area (Å²) in [4.78, 5) is 29.8. The number of para-hydroxylation sites is 1. The van der Waals surface area contributed by atoms with Crippen LogP contribution < -0.4 is 20.1 Å². The first kappa shape index (κ1) is 25.8. The summed E-state index contributed by atoms with van der Waals surface area (Å²) in [5.41, 5.74) is 5.72. The number of methoxy groups -OCH3 is 2. The van der Waals surface area contributed by atoms with Crippen LogP contribution in [-0.2, 0) is 9.59 Å². The third-order valence-corrected chi connectivity index (χ3v) is 8.46. The SMILES string of the molecule is COc1ccc([C@H]2CC(=O)C3=C(C2)NC(C)=C(C(=O)Nc2ccccc2C)[C@@H]3c2ccc(C)s2)cc1OC. The zero-order valence-corrected chi connectivity index (χ0v) is 23.1. The Hall–Kier alpha value is -3.84. The molecule has 0 bridgehead atoms. The largest absolute Gasteiger partial charge is 0.493 e. The molecule has 2 heterocycles. The average Bonchev–Trinajstić information content (AvgIpc) is 3.34. The van der Waals surface area contributed by atoms with E-state index in [0.29, 0.717) is 35.5 Å². The molecule has 0 fully saturated rings. The second kappa shape index (κ2) is 10.5. The van der Waals surface area contributed by atoms with Crippen LogP contribution in [0.4, 0.5) is 5.69 Å². The number of Topliss-reactive ketones (excluding diaryl/α,β-unsaturated/α-hetero) is 1. The highest BCUT2D eigenvalue weighted by atomic mass is 32.1. The molecule has 38 heavy (non-hydrogen) atoms. The Kier molecular flexibility index (Phi) is 7.13. The van der Waals surface area contributed by atoms with E-state index in [1.165, 1.54) is 0 Å². The Labute approximate surface area is 227 Å². The van der Waals surface area contributed by atoms with E-state index >= 15 is 0 Å². The number of hydrogen-bond donors (Lipinski definition) is 2. The summed E-state index contributed by atoms with van der Waals surface area (Å²) in [6.45, 7) is 5.94. The van der Waals surface area contributed by atoms with Gasteiger partial charge in [-0.05, 0) is 74.6 Å². The van der Waals surface area contributed by atoms with E-state index in [4.69, 9.17) is 9.47 Å². The second-order valence-corrected chi connectivity index (χ2v) is 11.2. The average molecular weight is 529 g/mol. The first-order valence-corrected chi connectivity index (χ1v) is 13.5. The van der Waals surface area contributed by atoms with E-state index in [1.54, 1.807) is 25.6 Å². The van der Waals surface area contributed by atoms with Crippen molar-refractivity contribution in [2.24, 2.45) is 0 Å². The third-order valence-electron chi connectivity index (χ3n) is 7.39. The maximum atomic E-state index is 13.9. The topological polar surface area (TPSA) is 76.7 Å². The van der Waals surface area contributed by atoms with Crippen LogP contribution in [-0.4, -0.2) is 25.9 Å². The number of benzene rings is 2. The van der Waals surface area contributed by atoms with Crippen LogP contribution in [0.1, 0.15) is 52.5 Å². The zero-order valence-electron chi connectivity index (χ0n) is 22.3. The molecule has 6 nitrogen and oxygen atoms in total. The molecule has 2 aliphatic rings. The molecule has 5 rings (SSSR count). The fraction of sp³-hybridized carbons (Fsp3) is 0.290. The van der Waals surface area contributed by atoms with Crippen LogP contribution >= 0.6 is 11.3 Å². The summed E-state index contributed by atoms with van der Waals surface area (Å²) < 4.78 is 10.9. The van der Waals surface area contributed by atoms with Gasteiger partial charge in [-0.15, -0.1) is 11.3 Å². The third kappa shape index (κ3) is 4.74. The molecule has 7 heteroatoms. The number of rotatable bonds is 6. The minimum Gasteiger partial charge on any atom is -0.493 e. The van der Waals surface area contributed by atoms with Crippen molar-refractivity contribution in [3.63, 3.8) is 0 Å². The van der Waals surface area contributed by atoms with Crippen molar-refractivity contribution in [1.29, 1.82) is 0 Å². The highest BCUT2D eigenvalue weighted by Crippen LogP contribution is 2.47. The van der Waals surface area contributed by atoms with Crippen molar-refractivity contribution >= 4 is 28.7 Å². The van der Waals surface area contributed by atoms with Gasteiger partial charge in [-0.25, -0.2) is 0 Å². The van der Waals surface area contributed by atoms with Gasteiger partial charge in [0.2, 0.25) is 0 Å². The van der Waals surface area contributed by atoms with Crippen LogP contribution in [0, 0.1) is 13.8 Å². The molecule has 1 aliphatic heterocycles. The van der Waals surface area contributed by atoms with Crippen LogP contribution in [0.5, 0.6) is 11.5 Å². The van der Waals surface area contributed by atoms with Gasteiger partial charge in [-0.2, -0.15) is 0 Å². The molecule has 0 saturated carbocycles. The highest BCUT2D eigenvalue weighted by Gasteiger charge is 2.41. The van der Waals surface area contributed by atoms with Crippen molar-refractivity contribution in [2.45, 2.75) is 45.4 Å². The van der Waals surface area contributed by atoms with Gasteiger partial charge in [0.1, 0.15) is 0 Å². The predicted molar refractivity (Wildman–Crippen MR) is 151 cm³/mol. The van der Waals surface area contributed by atoms with Gasteiger partial charge in [0.05, 0.1) is 20.1 Å². The molecule has 1 amide bonds. The van der Waals surface area contributed by atoms with Gasteiger partial charge < -0.3 is 20.1 Å². The summed E-state index contributed by atoms with van der Waals surface area (Å²) in [6, 6.07) is 17.6. The lowest BCUT2D eigenvalue weighted by Gasteiger charge is -2.36. The number of amides is 1. The van der Waals surface area contributed by atoms with Crippen LogP contribution in [0.25, 0.3) is 0 Å². The lowest BCUT2D eigenvalue weighted by molar-refractivity contribution is -0.116. The lowest BCUT2D eigenvalue weighted by Crippen LogP contribution is -2.36. The number of allylic oxidation sites excluding steroid dienone is 3. The van der Waals surface area contributed by atoms with Gasteiger partial charge >= 0.3 is 0 Å². The summed E-state index contributed by atoms with van der Waals surface area (Å²) >= 11 is 1.63. The molecule has 2 aromatic carbocycles. The number of nitrogens with one attached hydrogen (secondary N) is 2. The summed E-state index contributed by atoms with van der Waals surface area (Å²) in [6.07, 6.45) is 1.03. The Balaban J connectivity index is 1.53. The Morgan fingerprint density at radius 1 is 0.974 bits per heavy atom. The van der Waals surface area contributed by atoms with Crippen LogP contribution in [0.3, 0.4) is 0 Å². The molecule has 0 saturated heterocycles. The van der Waals surface area contributed by atoms with Crippen molar-refractivity contribution in [2.75, 3.05) is 19.5 Å². The van der Waals surface area contributed by atoms with Crippen molar-refractivity contribution < 1.29 is 19.1 Å². The summed E-state index contributed by atoms with van der Waals surface area (Å²) in [5, 5.41) is 6.56. The fourth-order valence-corrected chi connectivity index (χ4v) is 6.48. The van der Waals surface area contributed by atoms with Gasteiger partial charge in [-0.1, -0.05) is 24.3 Å². The number of anilines is 1. The fourth-order valence-electron chi connectivity index (χ4n) is 5.48. The standard InChI is InChI=1S/C31H32N2O4S/c1-17-8-6-7-9-22(17)33-31(35)28-19(3)32-23-14-21(20-11-12-25(36-4)26(16-20)37-5)15-24(34)29(23)30(28)27-13-10-18(2)38-27/h6-13,16,21,30,32H,14-15H2,1-5H3,(H,33,35)/t21-,30+/m1/s1. The lowest BCUT2D eigenvalue weighted by atomic mass is 9.73. The van der Waals surface area contributed by atoms with Crippen molar-refractivity contribution in [3.8, 4) is 11.5 Å². The molecule has 0 spiro atoms. The highest BCUT2D eigenvalue weighted by molar-refractivity contribution is 7.12. The molecular weight excluding hydrogens is 496 g/mol. The number of ketones is 1. The van der Waals surface area contributed by atoms with E-state index in [2.05, 4.69) is 10.6 Å². The van der Waals surface area contributed by atoms with Gasteiger partial charge in [0, 0.05) is 44.4 Å². The number of hydrogen-bond acceptors (Lipinski definition) is 6. The van der Waals surface area contributed by atoms with Gasteiger partial charge in [0.25, 0.3) is 5.91 Å². The molecule has 196 valence electrons. The summed E-state index contributed by atoms with van der Waals surface area (Å²) in [5.74, 6) is 0.754. The molecular formula is C31H32N2O4S. The van der Waals surface area contributed by atoms with Gasteiger partial charge in [-0.3, -0.25) is 9.59 Å². The Bertz CT molecular complexity index is 1480. The number of dihydropyridines is 1. The van der Waals surface area contributed by atoms with E-state index in [9.17, 15) is 9.59 Å². The molecule has 3 aromatic rings. The molecule has 2 N–H and O–H groups in total. The van der Waals surface area contributed by atoms with Crippen molar-refractivity contribution in [3.05, 3.63) is 98.0 Å². The molecule has 1 aliphatic carbocycles. The molecule has 1 aromatic heterocycles. The minimum atomic E-state index is -0.409. The normalized spacial score (nSPS) is 19.1. The first-order chi connectivity index (χ1) is 18.3. The number of aryl methyl sites for hydroxylation is 2. The van der Waals surface area contributed by atoms with Gasteiger partial charge in [0.15, 0.2) is 17.3 Å². The van der Waals surface area contributed by atoms with E-state index in [0.717, 1.165) is 38.0 Å².